The third-order valence-electron chi connectivity index (χ3n) is 4.00. The molecule has 0 saturated carbocycles. The number of ether oxygens (including phenoxy) is 1. The summed E-state index contributed by atoms with van der Waals surface area (Å²) in [6.07, 6.45) is 2.40. The van der Waals surface area contributed by atoms with E-state index in [2.05, 4.69) is 34.5 Å². The zero-order valence-electron chi connectivity index (χ0n) is 10.9. The van der Waals surface area contributed by atoms with Crippen molar-refractivity contribution in [3.05, 3.63) is 35.4 Å². The number of hydrogen-bond acceptors (Lipinski definition) is 3. The maximum absolute atomic E-state index is 5.50. The van der Waals surface area contributed by atoms with E-state index in [1.807, 2.05) is 0 Å². The molecule has 0 amide bonds. The van der Waals surface area contributed by atoms with Crippen molar-refractivity contribution in [3.63, 3.8) is 0 Å². The molecule has 18 heavy (non-hydrogen) atoms. The van der Waals surface area contributed by atoms with E-state index >= 15 is 0 Å². The van der Waals surface area contributed by atoms with Gasteiger partial charge in [-0.1, -0.05) is 24.3 Å². The largest absolute Gasteiger partial charge is 0.379 e. The molecular formula is C15H22N2O. The predicted octanol–water partition coefficient (Wildman–Crippen LogP) is 1.42. The first-order chi connectivity index (χ1) is 8.92. The second kappa shape index (κ2) is 5.83. The van der Waals surface area contributed by atoms with Crippen molar-refractivity contribution < 1.29 is 4.74 Å². The highest BCUT2D eigenvalue weighted by Crippen LogP contribution is 2.18. The lowest BCUT2D eigenvalue weighted by Gasteiger charge is -2.31. The van der Waals surface area contributed by atoms with Crippen LogP contribution in [0.2, 0.25) is 0 Å². The summed E-state index contributed by atoms with van der Waals surface area (Å²) in [5.41, 5.74) is 3.05. The minimum absolute atomic E-state index is 0.552. The first-order valence-corrected chi connectivity index (χ1v) is 7.02. The van der Waals surface area contributed by atoms with Gasteiger partial charge in [-0.25, -0.2) is 0 Å². The number of fused-ring (bicyclic) bond motifs is 1. The van der Waals surface area contributed by atoms with Crippen LogP contribution in [0.3, 0.4) is 0 Å². The van der Waals surface area contributed by atoms with Gasteiger partial charge in [0.15, 0.2) is 0 Å². The van der Waals surface area contributed by atoms with Crippen LogP contribution in [0.15, 0.2) is 24.3 Å². The Hall–Kier alpha value is -0.900. The molecule has 3 rings (SSSR count). The van der Waals surface area contributed by atoms with Crippen molar-refractivity contribution in [2.45, 2.75) is 25.4 Å². The number of morpholine rings is 1. The highest BCUT2D eigenvalue weighted by Gasteiger charge is 2.18. The normalized spacial score (nSPS) is 24.8. The smallest absolute Gasteiger partial charge is 0.0620 e. The van der Waals surface area contributed by atoms with Crippen molar-refractivity contribution in [1.29, 1.82) is 0 Å². The lowest BCUT2D eigenvalue weighted by Crippen LogP contribution is -2.43. The van der Waals surface area contributed by atoms with Crippen LogP contribution in [0, 0.1) is 0 Å². The van der Waals surface area contributed by atoms with Crippen molar-refractivity contribution in [3.8, 4) is 0 Å². The average molecular weight is 246 g/mol. The van der Waals surface area contributed by atoms with Gasteiger partial charge in [0.05, 0.1) is 13.2 Å². The molecule has 98 valence electrons. The summed E-state index contributed by atoms with van der Waals surface area (Å²) in [7, 11) is 0. The van der Waals surface area contributed by atoms with Gasteiger partial charge in [0.1, 0.15) is 0 Å². The molecule has 3 nitrogen and oxygen atoms in total. The second-order valence-corrected chi connectivity index (χ2v) is 5.31. The summed E-state index contributed by atoms with van der Waals surface area (Å²) in [5.74, 6) is 0. The zero-order chi connectivity index (χ0) is 12.2. The van der Waals surface area contributed by atoms with E-state index in [4.69, 9.17) is 4.74 Å². The van der Waals surface area contributed by atoms with Crippen LogP contribution in [-0.2, 0) is 17.7 Å². The van der Waals surface area contributed by atoms with E-state index < -0.39 is 0 Å². The minimum Gasteiger partial charge on any atom is -0.379 e. The Bertz CT molecular complexity index is 388. The van der Waals surface area contributed by atoms with Gasteiger partial charge in [-0.05, 0) is 24.0 Å². The van der Waals surface area contributed by atoms with Gasteiger partial charge in [0.25, 0.3) is 0 Å². The maximum atomic E-state index is 5.50. The molecule has 2 aliphatic rings. The highest BCUT2D eigenvalue weighted by molar-refractivity contribution is 5.28. The van der Waals surface area contributed by atoms with Crippen molar-refractivity contribution in [1.82, 2.24) is 10.2 Å². The molecule has 0 aromatic heterocycles. The third-order valence-corrected chi connectivity index (χ3v) is 4.00. The molecule has 1 saturated heterocycles. The van der Waals surface area contributed by atoms with E-state index in [9.17, 15) is 0 Å². The first-order valence-electron chi connectivity index (χ1n) is 7.02. The number of rotatable bonds is 3. The molecular weight excluding hydrogens is 224 g/mol. The Morgan fingerprint density at radius 1 is 1.28 bits per heavy atom. The van der Waals surface area contributed by atoms with Crippen LogP contribution in [0.5, 0.6) is 0 Å². The second-order valence-electron chi connectivity index (χ2n) is 5.31. The molecule has 1 atom stereocenters. The maximum Gasteiger partial charge on any atom is 0.0620 e. The van der Waals surface area contributed by atoms with Crippen molar-refractivity contribution >= 4 is 0 Å². The molecule has 2 heterocycles. The number of nitrogens with zero attached hydrogens (tertiary/aromatic N) is 1. The fraction of sp³-hybridized carbons (Fsp3) is 0.600. The average Bonchev–Trinajstić information content (AvgIpc) is 2.46. The Balaban J connectivity index is 1.50. The Kier molecular flexibility index (Phi) is 3.93. The van der Waals surface area contributed by atoms with Crippen LogP contribution in [0.4, 0.5) is 0 Å². The summed E-state index contributed by atoms with van der Waals surface area (Å²) in [6, 6.07) is 9.39. The fourth-order valence-corrected chi connectivity index (χ4v) is 2.89. The van der Waals surface area contributed by atoms with E-state index in [1.165, 1.54) is 37.1 Å². The van der Waals surface area contributed by atoms with Crippen LogP contribution in [-0.4, -0.2) is 43.8 Å². The van der Waals surface area contributed by atoms with E-state index in [0.29, 0.717) is 6.04 Å². The number of hydrogen-bond donors (Lipinski definition) is 1. The number of benzene rings is 1. The third kappa shape index (κ3) is 2.91. The monoisotopic (exact) mass is 246 g/mol. The summed E-state index contributed by atoms with van der Waals surface area (Å²) in [4.78, 5) is 2.57. The highest BCUT2D eigenvalue weighted by atomic mass is 16.5. The molecule has 0 bridgehead atoms. The molecule has 1 N–H and O–H groups in total. The Morgan fingerprint density at radius 3 is 3.00 bits per heavy atom. The lowest BCUT2D eigenvalue weighted by molar-refractivity contribution is 0.0692. The first kappa shape index (κ1) is 12.2. The van der Waals surface area contributed by atoms with E-state index in [0.717, 1.165) is 26.3 Å². The van der Waals surface area contributed by atoms with Crippen molar-refractivity contribution in [2.75, 3.05) is 32.8 Å². The standard InChI is InChI=1S/C15H22N2O/c1-2-4-14-11-17(8-5-13(14)3-1)9-6-15-12-18-10-7-16-15/h1-4,15-16H,5-12H2. The van der Waals surface area contributed by atoms with Gasteiger partial charge in [-0.15, -0.1) is 0 Å². The van der Waals surface area contributed by atoms with Crippen molar-refractivity contribution in [2.24, 2.45) is 0 Å². The van der Waals surface area contributed by atoms with Gasteiger partial charge < -0.3 is 10.1 Å². The van der Waals surface area contributed by atoms with E-state index in [-0.39, 0.29) is 0 Å². The van der Waals surface area contributed by atoms with Crippen LogP contribution < -0.4 is 5.32 Å². The van der Waals surface area contributed by atoms with Gasteiger partial charge >= 0.3 is 0 Å². The summed E-state index contributed by atoms with van der Waals surface area (Å²) >= 11 is 0. The quantitative estimate of drug-likeness (QED) is 0.873. The summed E-state index contributed by atoms with van der Waals surface area (Å²) in [6.45, 7) is 6.25. The van der Waals surface area contributed by atoms with Gasteiger partial charge in [0, 0.05) is 32.2 Å². The molecule has 0 aliphatic carbocycles. The number of nitrogens with one attached hydrogen (secondary N) is 1. The molecule has 3 heteroatoms. The topological polar surface area (TPSA) is 24.5 Å². The Morgan fingerprint density at radius 2 is 2.17 bits per heavy atom. The molecule has 1 unspecified atom stereocenters. The summed E-state index contributed by atoms with van der Waals surface area (Å²) in [5, 5.41) is 3.53. The van der Waals surface area contributed by atoms with Gasteiger partial charge in [-0.2, -0.15) is 0 Å². The molecule has 1 aromatic carbocycles. The zero-order valence-corrected chi connectivity index (χ0v) is 10.9. The molecule has 0 radical (unpaired) electrons. The molecule has 1 aromatic rings. The summed E-state index contributed by atoms with van der Waals surface area (Å²) < 4.78 is 5.50. The SMILES string of the molecule is c1ccc2c(c1)CCN(CCC1COCCN1)C2. The van der Waals surface area contributed by atoms with Crippen LogP contribution in [0.1, 0.15) is 17.5 Å². The minimum atomic E-state index is 0.552. The molecule has 1 fully saturated rings. The van der Waals surface area contributed by atoms with E-state index in [1.54, 1.807) is 0 Å². The fourth-order valence-electron chi connectivity index (χ4n) is 2.89. The lowest BCUT2D eigenvalue weighted by atomic mass is 9.99. The van der Waals surface area contributed by atoms with Crippen LogP contribution in [0.25, 0.3) is 0 Å². The van der Waals surface area contributed by atoms with Crippen LogP contribution >= 0.6 is 0 Å². The molecule has 2 aliphatic heterocycles. The predicted molar refractivity (Wildman–Crippen MR) is 72.6 cm³/mol. The molecule has 0 spiro atoms. The van der Waals surface area contributed by atoms with Gasteiger partial charge in [-0.3, -0.25) is 4.90 Å². The Labute approximate surface area is 109 Å². The van der Waals surface area contributed by atoms with Gasteiger partial charge in [0.2, 0.25) is 0 Å².